The molecule has 108 valence electrons. The number of nitrogens with zero attached hydrogens (tertiary/aromatic N) is 2. The summed E-state index contributed by atoms with van der Waals surface area (Å²) >= 11 is 0. The second-order valence-electron chi connectivity index (χ2n) is 4.42. The van der Waals surface area contributed by atoms with Crippen molar-refractivity contribution < 1.29 is 13.5 Å². The van der Waals surface area contributed by atoms with Crippen LogP contribution in [0.25, 0.3) is 0 Å². The number of rotatable bonds is 6. The third kappa shape index (κ3) is 3.33. The minimum atomic E-state index is -0.712. The Hall–Kier alpha value is -1.95. The van der Waals surface area contributed by atoms with Gasteiger partial charge in [-0.25, -0.2) is 8.78 Å². The highest BCUT2D eigenvalue weighted by Gasteiger charge is 2.13. The van der Waals surface area contributed by atoms with Gasteiger partial charge >= 0.3 is 0 Å². The van der Waals surface area contributed by atoms with Gasteiger partial charge in [0.2, 0.25) is 0 Å². The normalized spacial score (nSPS) is 10.8. The predicted molar refractivity (Wildman–Crippen MR) is 71.3 cm³/mol. The van der Waals surface area contributed by atoms with Crippen molar-refractivity contribution >= 4 is 0 Å². The molecule has 0 radical (unpaired) electrons. The fraction of sp³-hybridized carbons (Fsp3) is 0.357. The van der Waals surface area contributed by atoms with Gasteiger partial charge in [0.05, 0.1) is 6.20 Å². The lowest BCUT2D eigenvalue weighted by atomic mass is 10.1. The summed E-state index contributed by atoms with van der Waals surface area (Å²) in [5.41, 5.74) is 6.65. The number of aryl methyl sites for hydroxylation is 1. The van der Waals surface area contributed by atoms with Crippen LogP contribution in [0, 0.1) is 11.6 Å². The Bertz CT molecular complexity index is 561. The average Bonchev–Trinajstić information content (AvgIpc) is 2.86. The monoisotopic (exact) mass is 281 g/mol. The molecule has 0 amide bonds. The first-order valence-electron chi connectivity index (χ1n) is 6.46. The smallest absolute Gasteiger partial charge is 0.191 e. The molecule has 20 heavy (non-hydrogen) atoms. The van der Waals surface area contributed by atoms with E-state index in [9.17, 15) is 8.78 Å². The van der Waals surface area contributed by atoms with Gasteiger partial charge in [0.15, 0.2) is 17.4 Å². The Labute approximate surface area is 116 Å². The molecule has 0 aliphatic rings. The number of hydrogen-bond acceptors (Lipinski definition) is 3. The zero-order valence-electron chi connectivity index (χ0n) is 11.3. The first-order valence-corrected chi connectivity index (χ1v) is 6.46. The molecule has 0 bridgehead atoms. The maximum atomic E-state index is 13.8. The van der Waals surface area contributed by atoms with Gasteiger partial charge in [-0.2, -0.15) is 5.10 Å². The van der Waals surface area contributed by atoms with Crippen molar-refractivity contribution in [3.63, 3.8) is 0 Å². The molecule has 1 heterocycles. The van der Waals surface area contributed by atoms with Crippen molar-refractivity contribution in [1.82, 2.24) is 9.78 Å². The van der Waals surface area contributed by atoms with Crippen LogP contribution in [0.1, 0.15) is 18.1 Å². The molecule has 0 unspecified atom stereocenters. The van der Waals surface area contributed by atoms with E-state index in [1.165, 1.54) is 12.1 Å². The van der Waals surface area contributed by atoms with Gasteiger partial charge in [-0.3, -0.25) is 4.68 Å². The van der Waals surface area contributed by atoms with Crippen molar-refractivity contribution in [2.24, 2.45) is 5.73 Å². The summed E-state index contributed by atoms with van der Waals surface area (Å²) < 4.78 is 34.5. The van der Waals surface area contributed by atoms with Crippen LogP contribution in [0.3, 0.4) is 0 Å². The van der Waals surface area contributed by atoms with E-state index in [2.05, 4.69) is 5.10 Å². The molecule has 0 saturated carbocycles. The Morgan fingerprint density at radius 3 is 2.50 bits per heavy atom. The van der Waals surface area contributed by atoms with Crippen molar-refractivity contribution in [2.75, 3.05) is 6.54 Å². The summed E-state index contributed by atoms with van der Waals surface area (Å²) in [4.78, 5) is 0. The van der Waals surface area contributed by atoms with Crippen molar-refractivity contribution in [1.29, 1.82) is 0 Å². The molecule has 4 nitrogen and oxygen atoms in total. The van der Waals surface area contributed by atoms with Gasteiger partial charge in [-0.05, 0) is 37.6 Å². The number of halogens is 2. The molecule has 1 aromatic carbocycles. The topological polar surface area (TPSA) is 53.1 Å². The van der Waals surface area contributed by atoms with E-state index < -0.39 is 11.6 Å². The van der Waals surface area contributed by atoms with E-state index in [0.29, 0.717) is 18.5 Å². The molecular formula is C14H17F2N3O. The van der Waals surface area contributed by atoms with Crippen LogP contribution in [0.15, 0.2) is 24.5 Å². The van der Waals surface area contributed by atoms with Gasteiger partial charge < -0.3 is 10.5 Å². The molecule has 2 aromatic rings. The minimum Gasteiger partial charge on any atom is -0.483 e. The van der Waals surface area contributed by atoms with E-state index in [0.717, 1.165) is 12.1 Å². The van der Waals surface area contributed by atoms with Crippen LogP contribution in [-0.2, 0) is 19.6 Å². The molecule has 0 aliphatic heterocycles. The molecule has 0 saturated heterocycles. The maximum absolute atomic E-state index is 13.8. The van der Waals surface area contributed by atoms with Crippen LogP contribution < -0.4 is 10.5 Å². The zero-order valence-corrected chi connectivity index (χ0v) is 11.3. The average molecular weight is 281 g/mol. The van der Waals surface area contributed by atoms with E-state index >= 15 is 0 Å². The van der Waals surface area contributed by atoms with E-state index in [1.54, 1.807) is 17.1 Å². The Balaban J connectivity index is 2.09. The zero-order chi connectivity index (χ0) is 14.5. The molecule has 0 aliphatic carbocycles. The van der Waals surface area contributed by atoms with Gasteiger partial charge in [-0.1, -0.05) is 0 Å². The number of benzene rings is 1. The number of aromatic nitrogens is 2. The van der Waals surface area contributed by atoms with Crippen LogP contribution in [0.4, 0.5) is 8.78 Å². The van der Waals surface area contributed by atoms with Gasteiger partial charge in [0.25, 0.3) is 0 Å². The van der Waals surface area contributed by atoms with Crippen molar-refractivity contribution in [3.05, 3.63) is 47.3 Å². The van der Waals surface area contributed by atoms with Gasteiger partial charge in [-0.15, -0.1) is 0 Å². The third-order valence-electron chi connectivity index (χ3n) is 2.88. The first-order chi connectivity index (χ1) is 9.63. The summed E-state index contributed by atoms with van der Waals surface area (Å²) in [6.07, 6.45) is 3.82. The Kier molecular flexibility index (Phi) is 4.68. The van der Waals surface area contributed by atoms with Crippen molar-refractivity contribution in [3.8, 4) is 5.75 Å². The molecule has 0 atom stereocenters. The first kappa shape index (κ1) is 14.5. The molecular weight excluding hydrogens is 264 g/mol. The highest BCUT2D eigenvalue weighted by Crippen LogP contribution is 2.24. The second kappa shape index (κ2) is 6.47. The van der Waals surface area contributed by atoms with E-state index in [4.69, 9.17) is 10.5 Å². The van der Waals surface area contributed by atoms with Crippen LogP contribution in [-0.4, -0.2) is 16.3 Å². The molecule has 6 heteroatoms. The lowest BCUT2D eigenvalue weighted by molar-refractivity contribution is 0.273. The quantitative estimate of drug-likeness (QED) is 0.883. The molecule has 2 N–H and O–H groups in total. The highest BCUT2D eigenvalue weighted by atomic mass is 19.1. The summed E-state index contributed by atoms with van der Waals surface area (Å²) in [5.74, 6) is -1.79. The summed E-state index contributed by atoms with van der Waals surface area (Å²) in [5, 5.41) is 4.07. The lowest BCUT2D eigenvalue weighted by Crippen LogP contribution is -2.05. The second-order valence-corrected chi connectivity index (χ2v) is 4.42. The molecule has 1 aromatic heterocycles. The number of nitrogens with two attached hydrogens (primary N) is 1. The Morgan fingerprint density at radius 2 is 1.95 bits per heavy atom. The highest BCUT2D eigenvalue weighted by molar-refractivity contribution is 5.31. The van der Waals surface area contributed by atoms with Gasteiger partial charge in [0, 0.05) is 18.3 Å². The SMILES string of the molecule is CCn1cc(COc2c(F)cc(CCN)cc2F)cn1. The fourth-order valence-electron chi connectivity index (χ4n) is 1.87. The maximum Gasteiger partial charge on any atom is 0.191 e. The van der Waals surface area contributed by atoms with E-state index in [1.807, 2.05) is 6.92 Å². The number of hydrogen-bond donors (Lipinski definition) is 1. The largest absolute Gasteiger partial charge is 0.483 e. The molecule has 0 fully saturated rings. The Morgan fingerprint density at radius 1 is 1.25 bits per heavy atom. The van der Waals surface area contributed by atoms with Crippen LogP contribution in [0.2, 0.25) is 0 Å². The predicted octanol–water partition coefficient (Wildman–Crippen LogP) is 2.26. The van der Waals surface area contributed by atoms with Crippen molar-refractivity contribution in [2.45, 2.75) is 26.5 Å². The molecule has 0 spiro atoms. The number of ether oxygens (including phenoxy) is 1. The summed E-state index contributed by atoms with van der Waals surface area (Å²) in [7, 11) is 0. The van der Waals surface area contributed by atoms with E-state index in [-0.39, 0.29) is 12.4 Å². The molecule has 2 rings (SSSR count). The summed E-state index contributed by atoms with van der Waals surface area (Å²) in [6.45, 7) is 3.10. The van der Waals surface area contributed by atoms with Gasteiger partial charge in [0.1, 0.15) is 6.61 Å². The lowest BCUT2D eigenvalue weighted by Gasteiger charge is -2.09. The third-order valence-corrected chi connectivity index (χ3v) is 2.88. The van der Waals surface area contributed by atoms with Crippen LogP contribution >= 0.6 is 0 Å². The minimum absolute atomic E-state index is 0.0735. The fourth-order valence-corrected chi connectivity index (χ4v) is 1.87. The standard InChI is InChI=1S/C14H17F2N3O/c1-2-19-8-11(7-18-19)9-20-14-12(15)5-10(3-4-17)6-13(14)16/h5-8H,2-4,9,17H2,1H3. The summed E-state index contributed by atoms with van der Waals surface area (Å²) in [6, 6.07) is 2.50. The van der Waals surface area contributed by atoms with Crippen LogP contribution in [0.5, 0.6) is 5.75 Å².